The molecule has 1 aliphatic rings. The summed E-state index contributed by atoms with van der Waals surface area (Å²) in [7, 11) is 0. The van der Waals surface area contributed by atoms with Crippen LogP contribution >= 0.6 is 0 Å². The van der Waals surface area contributed by atoms with Gasteiger partial charge >= 0.3 is 0 Å². The Balaban J connectivity index is 2.02. The number of nitrogens with one attached hydrogen (secondary N) is 1. The molecule has 0 amide bonds. The molecule has 5 heteroatoms. The molecule has 0 spiro atoms. The van der Waals surface area contributed by atoms with Crippen molar-refractivity contribution in [2.45, 2.75) is 13.1 Å². The number of hydrogen-bond donors (Lipinski definition) is 1. The quantitative estimate of drug-likeness (QED) is 0.774. The molecule has 0 radical (unpaired) electrons. The van der Waals surface area contributed by atoms with Crippen molar-refractivity contribution in [3.63, 3.8) is 0 Å². The van der Waals surface area contributed by atoms with Gasteiger partial charge in [-0.1, -0.05) is 24.3 Å². The van der Waals surface area contributed by atoms with E-state index in [0.29, 0.717) is 5.56 Å². The van der Waals surface area contributed by atoms with Gasteiger partial charge in [-0.25, -0.2) is 0 Å². The summed E-state index contributed by atoms with van der Waals surface area (Å²) in [6.07, 6.45) is 0.840. The van der Waals surface area contributed by atoms with Crippen LogP contribution in [0.25, 0.3) is 11.4 Å². The second-order valence-corrected chi connectivity index (χ2v) is 4.01. The van der Waals surface area contributed by atoms with E-state index in [1.54, 1.807) is 12.1 Å². The van der Waals surface area contributed by atoms with Crippen LogP contribution in [-0.4, -0.2) is 27.6 Å². The van der Waals surface area contributed by atoms with Crippen molar-refractivity contribution in [3.8, 4) is 11.4 Å². The van der Waals surface area contributed by atoms with Gasteiger partial charge in [0.05, 0.1) is 6.54 Å². The van der Waals surface area contributed by atoms with Gasteiger partial charge in [0.15, 0.2) is 5.82 Å². The van der Waals surface area contributed by atoms with Gasteiger partial charge in [-0.3, -0.25) is 4.79 Å². The maximum Gasteiger partial charge on any atom is 0.164 e. The van der Waals surface area contributed by atoms with Gasteiger partial charge < -0.3 is 9.88 Å². The number of aromatic nitrogens is 3. The number of carbonyl (C=O) groups excluding carboxylic acids is 1. The van der Waals surface area contributed by atoms with Gasteiger partial charge in [0, 0.05) is 24.2 Å². The first kappa shape index (κ1) is 10.2. The van der Waals surface area contributed by atoms with Crippen LogP contribution < -0.4 is 5.32 Å². The normalized spacial score (nSPS) is 14.4. The van der Waals surface area contributed by atoms with Crippen molar-refractivity contribution in [1.29, 1.82) is 0 Å². The van der Waals surface area contributed by atoms with Gasteiger partial charge in [0.25, 0.3) is 0 Å². The van der Waals surface area contributed by atoms with Gasteiger partial charge in [-0.15, -0.1) is 10.2 Å². The predicted octanol–water partition coefficient (Wildman–Crippen LogP) is 0.861. The number of aldehydes is 1. The molecular formula is C12H12N4O. The highest BCUT2D eigenvalue weighted by molar-refractivity contribution is 5.76. The Morgan fingerprint density at radius 3 is 2.82 bits per heavy atom. The van der Waals surface area contributed by atoms with Crippen molar-refractivity contribution in [1.82, 2.24) is 20.1 Å². The number of hydrogen-bond acceptors (Lipinski definition) is 4. The smallest absolute Gasteiger partial charge is 0.164 e. The van der Waals surface area contributed by atoms with Crippen LogP contribution in [0, 0.1) is 0 Å². The topological polar surface area (TPSA) is 59.8 Å². The summed E-state index contributed by atoms with van der Waals surface area (Å²) in [5.74, 6) is 1.84. The first-order chi connectivity index (χ1) is 8.38. The van der Waals surface area contributed by atoms with E-state index in [1.807, 2.05) is 12.1 Å². The van der Waals surface area contributed by atoms with E-state index in [4.69, 9.17) is 0 Å². The molecule has 2 heterocycles. The lowest BCUT2D eigenvalue weighted by Crippen LogP contribution is -2.28. The average Bonchev–Trinajstić information content (AvgIpc) is 2.83. The molecule has 0 saturated carbocycles. The monoisotopic (exact) mass is 228 g/mol. The lowest BCUT2D eigenvalue weighted by Gasteiger charge is -2.15. The first-order valence-corrected chi connectivity index (χ1v) is 5.57. The van der Waals surface area contributed by atoms with Crippen LogP contribution in [-0.2, 0) is 13.1 Å². The highest BCUT2D eigenvalue weighted by atomic mass is 16.1. The Morgan fingerprint density at radius 1 is 1.24 bits per heavy atom. The van der Waals surface area contributed by atoms with Crippen molar-refractivity contribution < 1.29 is 4.79 Å². The molecule has 0 saturated heterocycles. The molecule has 2 aromatic rings. The zero-order valence-corrected chi connectivity index (χ0v) is 9.26. The first-order valence-electron chi connectivity index (χ1n) is 5.57. The minimum atomic E-state index is 0.675. The number of carbonyl (C=O) groups is 1. The van der Waals surface area contributed by atoms with Crippen LogP contribution in [0.15, 0.2) is 24.3 Å². The van der Waals surface area contributed by atoms with Crippen molar-refractivity contribution in [3.05, 3.63) is 35.7 Å². The SMILES string of the molecule is O=Cc1ccc(-c2nnc3n2CCNC3)cc1. The third-order valence-electron chi connectivity index (χ3n) is 2.93. The van der Waals surface area contributed by atoms with E-state index in [0.717, 1.165) is 43.1 Å². The Morgan fingerprint density at radius 2 is 2.06 bits per heavy atom. The number of benzene rings is 1. The van der Waals surface area contributed by atoms with Crippen molar-refractivity contribution in [2.75, 3.05) is 6.54 Å². The molecular weight excluding hydrogens is 216 g/mol. The fourth-order valence-electron chi connectivity index (χ4n) is 2.02. The largest absolute Gasteiger partial charge is 0.309 e. The highest BCUT2D eigenvalue weighted by Crippen LogP contribution is 2.19. The average molecular weight is 228 g/mol. The molecule has 0 atom stereocenters. The molecule has 0 fully saturated rings. The minimum absolute atomic E-state index is 0.675. The molecule has 3 rings (SSSR count). The maximum absolute atomic E-state index is 10.6. The summed E-state index contributed by atoms with van der Waals surface area (Å²) in [6.45, 7) is 2.58. The summed E-state index contributed by atoms with van der Waals surface area (Å²) in [5.41, 5.74) is 1.67. The van der Waals surface area contributed by atoms with Crippen LogP contribution in [0.5, 0.6) is 0 Å². The summed E-state index contributed by atoms with van der Waals surface area (Å²) >= 11 is 0. The molecule has 17 heavy (non-hydrogen) atoms. The molecule has 5 nitrogen and oxygen atoms in total. The van der Waals surface area contributed by atoms with Gasteiger partial charge in [-0.05, 0) is 0 Å². The van der Waals surface area contributed by atoms with E-state index in [1.165, 1.54) is 0 Å². The van der Waals surface area contributed by atoms with Gasteiger partial charge in [0.1, 0.15) is 12.1 Å². The molecule has 1 aromatic carbocycles. The Kier molecular flexibility index (Phi) is 2.45. The van der Waals surface area contributed by atoms with E-state index in [-0.39, 0.29) is 0 Å². The van der Waals surface area contributed by atoms with E-state index in [2.05, 4.69) is 20.1 Å². The highest BCUT2D eigenvalue weighted by Gasteiger charge is 2.16. The summed E-state index contributed by atoms with van der Waals surface area (Å²) in [5, 5.41) is 11.6. The van der Waals surface area contributed by atoms with E-state index in [9.17, 15) is 4.79 Å². The number of rotatable bonds is 2. The fourth-order valence-corrected chi connectivity index (χ4v) is 2.02. The van der Waals surface area contributed by atoms with Crippen LogP contribution in [0.2, 0.25) is 0 Å². The second-order valence-electron chi connectivity index (χ2n) is 4.01. The molecule has 1 aliphatic heterocycles. The Hall–Kier alpha value is -2.01. The van der Waals surface area contributed by atoms with Crippen molar-refractivity contribution in [2.24, 2.45) is 0 Å². The molecule has 0 bridgehead atoms. The maximum atomic E-state index is 10.6. The lowest BCUT2D eigenvalue weighted by molar-refractivity contribution is 0.112. The second kappa shape index (κ2) is 4.10. The van der Waals surface area contributed by atoms with E-state index >= 15 is 0 Å². The molecule has 1 N–H and O–H groups in total. The molecule has 0 aliphatic carbocycles. The molecule has 0 unspecified atom stereocenters. The standard InChI is InChI=1S/C12H12N4O/c17-8-9-1-3-10(4-2-9)12-15-14-11-7-13-5-6-16(11)12/h1-4,8,13H,5-7H2. The third kappa shape index (κ3) is 1.74. The summed E-state index contributed by atoms with van der Waals surface area (Å²) in [6, 6.07) is 7.40. The summed E-state index contributed by atoms with van der Waals surface area (Å²) in [4.78, 5) is 10.6. The predicted molar refractivity (Wildman–Crippen MR) is 62.6 cm³/mol. The lowest BCUT2D eigenvalue weighted by atomic mass is 10.1. The summed E-state index contributed by atoms with van der Waals surface area (Å²) < 4.78 is 2.12. The zero-order valence-electron chi connectivity index (χ0n) is 9.26. The fraction of sp³-hybridized carbons (Fsp3) is 0.250. The third-order valence-corrected chi connectivity index (χ3v) is 2.93. The molecule has 86 valence electrons. The van der Waals surface area contributed by atoms with Gasteiger partial charge in [0.2, 0.25) is 0 Å². The zero-order chi connectivity index (χ0) is 11.7. The van der Waals surface area contributed by atoms with Crippen LogP contribution in [0.3, 0.4) is 0 Å². The minimum Gasteiger partial charge on any atom is -0.309 e. The number of fused-ring (bicyclic) bond motifs is 1. The van der Waals surface area contributed by atoms with Crippen LogP contribution in [0.1, 0.15) is 16.2 Å². The van der Waals surface area contributed by atoms with E-state index < -0.39 is 0 Å². The Bertz CT molecular complexity index is 544. The molecule has 1 aromatic heterocycles. The van der Waals surface area contributed by atoms with Crippen molar-refractivity contribution >= 4 is 6.29 Å². The Labute approximate surface area is 98.5 Å². The van der Waals surface area contributed by atoms with Gasteiger partial charge in [-0.2, -0.15) is 0 Å². The number of nitrogens with zero attached hydrogens (tertiary/aromatic N) is 3. The van der Waals surface area contributed by atoms with Crippen LogP contribution in [0.4, 0.5) is 0 Å².